The van der Waals surface area contributed by atoms with Crippen molar-refractivity contribution in [1.82, 2.24) is 0 Å². The van der Waals surface area contributed by atoms with E-state index in [1.165, 1.54) is 0 Å². The maximum Gasteiger partial charge on any atom is 0.335 e. The molecule has 0 aliphatic carbocycles. The Kier molecular flexibility index (Phi) is 7.47. The van der Waals surface area contributed by atoms with Crippen LogP contribution in [-0.2, 0) is 33.3 Å². The van der Waals surface area contributed by atoms with E-state index in [2.05, 4.69) is 0 Å². The minimum atomic E-state index is -1.37. The number of hydrogen-bond donors (Lipinski definition) is 3. The topological polar surface area (TPSA) is 112 Å². The standard InChI is InChI=1S/C9H6O6.Co.Ni/c10-7(11)4-1-5(8(12)13)3-6(2-4)9(14)15;;/h1-3H,(H,10,11)(H,12,13)(H,14,15);;. The van der Waals surface area contributed by atoms with Crippen LogP contribution >= 0.6 is 0 Å². The molecular weight excluding hydrogens is 322 g/mol. The third-order valence-electron chi connectivity index (χ3n) is 1.67. The molecule has 0 aliphatic rings. The van der Waals surface area contributed by atoms with Gasteiger partial charge in [0.15, 0.2) is 0 Å². The van der Waals surface area contributed by atoms with Gasteiger partial charge in [0.05, 0.1) is 16.7 Å². The molecule has 0 aromatic heterocycles. The second kappa shape index (κ2) is 7.05. The van der Waals surface area contributed by atoms with Crippen molar-refractivity contribution in [3.63, 3.8) is 0 Å². The molecular formula is C9H6CoNiO6. The van der Waals surface area contributed by atoms with E-state index in [1.807, 2.05) is 0 Å². The molecule has 6 nitrogen and oxygen atoms in total. The summed E-state index contributed by atoms with van der Waals surface area (Å²) in [6, 6.07) is 2.70. The number of carboxylic acids is 3. The van der Waals surface area contributed by atoms with E-state index < -0.39 is 17.9 Å². The van der Waals surface area contributed by atoms with Gasteiger partial charge in [-0.3, -0.25) is 0 Å². The van der Waals surface area contributed by atoms with Gasteiger partial charge in [-0.25, -0.2) is 14.4 Å². The molecule has 3 N–H and O–H groups in total. The van der Waals surface area contributed by atoms with E-state index in [9.17, 15) is 14.4 Å². The van der Waals surface area contributed by atoms with Gasteiger partial charge >= 0.3 is 17.9 Å². The average molecular weight is 328 g/mol. The molecule has 0 bridgehead atoms. The fraction of sp³-hybridized carbons (Fsp3) is 0. The maximum absolute atomic E-state index is 10.6. The van der Waals surface area contributed by atoms with Crippen molar-refractivity contribution in [3.05, 3.63) is 34.9 Å². The molecule has 97 valence electrons. The predicted molar refractivity (Wildman–Crippen MR) is 47.3 cm³/mol. The van der Waals surface area contributed by atoms with Crippen LogP contribution in [0.3, 0.4) is 0 Å². The predicted octanol–water partition coefficient (Wildman–Crippen LogP) is 0.776. The molecule has 8 heteroatoms. The summed E-state index contributed by atoms with van der Waals surface area (Å²) in [5.41, 5.74) is -1.10. The van der Waals surface area contributed by atoms with E-state index in [4.69, 9.17) is 15.3 Å². The maximum atomic E-state index is 10.6. The summed E-state index contributed by atoms with van der Waals surface area (Å²) >= 11 is 0. The smallest absolute Gasteiger partial charge is 0.335 e. The quantitative estimate of drug-likeness (QED) is 0.707. The van der Waals surface area contributed by atoms with Crippen LogP contribution in [0.25, 0.3) is 0 Å². The number of carbonyl (C=O) groups is 3. The second-order valence-corrected chi connectivity index (χ2v) is 2.71. The summed E-state index contributed by atoms with van der Waals surface area (Å²) in [5.74, 6) is -4.12. The van der Waals surface area contributed by atoms with Crippen LogP contribution < -0.4 is 0 Å². The number of rotatable bonds is 3. The van der Waals surface area contributed by atoms with E-state index in [0.29, 0.717) is 0 Å². The van der Waals surface area contributed by atoms with Crippen LogP contribution in [0, 0.1) is 0 Å². The van der Waals surface area contributed by atoms with Crippen molar-refractivity contribution in [3.8, 4) is 0 Å². The average Bonchev–Trinajstić information content (AvgIpc) is 2.16. The summed E-state index contributed by atoms with van der Waals surface area (Å²) < 4.78 is 0. The largest absolute Gasteiger partial charge is 0.478 e. The Morgan fingerprint density at radius 1 is 0.706 bits per heavy atom. The Morgan fingerprint density at radius 3 is 1.00 bits per heavy atom. The molecule has 0 fully saturated rings. The number of aromatic carboxylic acids is 3. The van der Waals surface area contributed by atoms with E-state index in [1.54, 1.807) is 0 Å². The summed E-state index contributed by atoms with van der Waals surface area (Å²) in [7, 11) is 0. The monoisotopic (exact) mass is 327 g/mol. The third kappa shape index (κ3) is 4.56. The van der Waals surface area contributed by atoms with E-state index in [-0.39, 0.29) is 50.0 Å². The minimum absolute atomic E-state index is 0. The van der Waals surface area contributed by atoms with Crippen LogP contribution in [0.1, 0.15) is 31.1 Å². The Morgan fingerprint density at radius 2 is 0.882 bits per heavy atom. The molecule has 0 spiro atoms. The first-order valence-corrected chi connectivity index (χ1v) is 3.77. The molecule has 17 heavy (non-hydrogen) atoms. The minimum Gasteiger partial charge on any atom is -0.478 e. The molecule has 0 amide bonds. The zero-order valence-electron chi connectivity index (χ0n) is 7.95. The zero-order valence-corrected chi connectivity index (χ0v) is 9.98. The van der Waals surface area contributed by atoms with Crippen molar-refractivity contribution in [1.29, 1.82) is 0 Å². The fourth-order valence-corrected chi connectivity index (χ4v) is 0.998. The van der Waals surface area contributed by atoms with Crippen LogP contribution in [0.5, 0.6) is 0 Å². The number of carboxylic acid groups (broad SMARTS) is 3. The van der Waals surface area contributed by atoms with Crippen LogP contribution in [0.2, 0.25) is 0 Å². The Balaban J connectivity index is 0. The van der Waals surface area contributed by atoms with E-state index in [0.717, 1.165) is 18.2 Å². The summed E-state index contributed by atoms with van der Waals surface area (Å²) in [5, 5.41) is 25.8. The molecule has 1 rings (SSSR count). The Labute approximate surface area is 116 Å². The van der Waals surface area contributed by atoms with Crippen LogP contribution in [0.15, 0.2) is 18.2 Å². The van der Waals surface area contributed by atoms with Crippen molar-refractivity contribution in [2.24, 2.45) is 0 Å². The van der Waals surface area contributed by atoms with Crippen molar-refractivity contribution < 1.29 is 63.0 Å². The summed E-state index contributed by atoms with van der Waals surface area (Å²) in [6.07, 6.45) is 0. The molecule has 0 atom stereocenters. The van der Waals surface area contributed by atoms with Crippen LogP contribution in [0.4, 0.5) is 0 Å². The first kappa shape index (κ1) is 18.0. The molecule has 0 unspecified atom stereocenters. The van der Waals surface area contributed by atoms with E-state index >= 15 is 0 Å². The molecule has 1 aromatic rings. The first-order valence-electron chi connectivity index (χ1n) is 3.77. The van der Waals surface area contributed by atoms with Gasteiger partial charge in [0.25, 0.3) is 0 Å². The fourth-order valence-electron chi connectivity index (χ4n) is 0.998. The van der Waals surface area contributed by atoms with Gasteiger partial charge in [0, 0.05) is 33.3 Å². The molecule has 1 radical (unpaired) electrons. The number of benzene rings is 1. The molecule has 1 aromatic carbocycles. The number of hydrogen-bond acceptors (Lipinski definition) is 3. The van der Waals surface area contributed by atoms with Gasteiger partial charge in [-0.15, -0.1) is 0 Å². The van der Waals surface area contributed by atoms with Crippen LogP contribution in [-0.4, -0.2) is 33.2 Å². The Hall–Kier alpha value is -1.37. The first-order chi connectivity index (χ1) is 6.91. The van der Waals surface area contributed by atoms with Gasteiger partial charge in [-0.05, 0) is 18.2 Å². The van der Waals surface area contributed by atoms with Gasteiger partial charge in [-0.2, -0.15) is 0 Å². The third-order valence-corrected chi connectivity index (χ3v) is 1.67. The van der Waals surface area contributed by atoms with Gasteiger partial charge in [0.2, 0.25) is 0 Å². The molecule has 0 saturated heterocycles. The second-order valence-electron chi connectivity index (χ2n) is 2.71. The summed E-state index contributed by atoms with van der Waals surface area (Å²) in [4.78, 5) is 31.7. The van der Waals surface area contributed by atoms with Crippen molar-refractivity contribution >= 4 is 17.9 Å². The molecule has 0 saturated carbocycles. The van der Waals surface area contributed by atoms with Crippen molar-refractivity contribution in [2.45, 2.75) is 0 Å². The van der Waals surface area contributed by atoms with Gasteiger partial charge in [-0.1, -0.05) is 0 Å². The normalized spacial score (nSPS) is 8.47. The SMILES string of the molecule is O=C(O)c1cc(C(=O)O)cc(C(=O)O)c1.[Co].[Ni]. The molecule has 0 heterocycles. The Bertz CT molecular complexity index is 380. The summed E-state index contributed by atoms with van der Waals surface area (Å²) in [6.45, 7) is 0. The molecule has 0 aliphatic heterocycles. The van der Waals surface area contributed by atoms with Crippen molar-refractivity contribution in [2.75, 3.05) is 0 Å². The zero-order chi connectivity index (χ0) is 11.6. The van der Waals surface area contributed by atoms with Gasteiger partial charge < -0.3 is 15.3 Å². The van der Waals surface area contributed by atoms with Gasteiger partial charge in [0.1, 0.15) is 0 Å².